The summed E-state index contributed by atoms with van der Waals surface area (Å²) in [6.45, 7) is 0. The first kappa shape index (κ1) is 35.8. The van der Waals surface area contributed by atoms with E-state index >= 15 is 0 Å². The van der Waals surface area contributed by atoms with Crippen LogP contribution < -0.4 is 0 Å². The van der Waals surface area contributed by atoms with Gasteiger partial charge in [-0.2, -0.15) is 0 Å². The van der Waals surface area contributed by atoms with Crippen LogP contribution in [0.4, 0.5) is 0 Å². The van der Waals surface area contributed by atoms with E-state index in [1.165, 1.54) is 70.0 Å². The first-order valence-electron chi connectivity index (χ1n) is 22.2. The van der Waals surface area contributed by atoms with Crippen molar-refractivity contribution < 1.29 is 0 Å². The number of hydrogen-bond donors (Lipinski definition) is 0. The zero-order valence-electron chi connectivity index (χ0n) is 35.1. The highest BCUT2D eigenvalue weighted by Gasteiger charge is 2.19. The van der Waals surface area contributed by atoms with Gasteiger partial charge in [0, 0.05) is 33.2 Å². The zero-order chi connectivity index (χ0) is 42.6. The van der Waals surface area contributed by atoms with E-state index in [-0.39, 0.29) is 0 Å². The molecule has 0 saturated carbocycles. The zero-order valence-corrected chi connectivity index (χ0v) is 35.1. The average molecular weight is 825 g/mol. The van der Waals surface area contributed by atoms with Crippen molar-refractivity contribution in [3.05, 3.63) is 218 Å². The van der Waals surface area contributed by atoms with Gasteiger partial charge in [0.25, 0.3) is 0 Å². The summed E-state index contributed by atoms with van der Waals surface area (Å²) in [6, 6.07) is 78.8. The van der Waals surface area contributed by atoms with Gasteiger partial charge < -0.3 is 4.57 Å². The summed E-state index contributed by atoms with van der Waals surface area (Å²) in [6.07, 6.45) is 0. The first-order chi connectivity index (χ1) is 32.2. The molecule has 14 rings (SSSR count). The lowest BCUT2D eigenvalue weighted by atomic mass is 9.86. The maximum Gasteiger partial charge on any atom is 0.164 e. The minimum Gasteiger partial charge on any atom is -0.309 e. The highest BCUT2D eigenvalue weighted by molar-refractivity contribution is 6.37. The van der Waals surface area contributed by atoms with Crippen LogP contribution >= 0.6 is 0 Å². The van der Waals surface area contributed by atoms with Gasteiger partial charge in [-0.1, -0.05) is 164 Å². The molecule has 0 fully saturated rings. The molecule has 0 aliphatic carbocycles. The minimum atomic E-state index is 0.626. The van der Waals surface area contributed by atoms with E-state index in [1.54, 1.807) is 0 Å². The Labute approximate surface area is 373 Å². The Hall–Kier alpha value is -8.73. The predicted octanol–water partition coefficient (Wildman–Crippen LogP) is 16.0. The van der Waals surface area contributed by atoms with Gasteiger partial charge in [0.05, 0.1) is 11.0 Å². The van der Waals surface area contributed by atoms with Gasteiger partial charge in [-0.05, 0) is 130 Å². The molecular formula is C61H36N4. The number of fused-ring (bicyclic) bond motifs is 5. The van der Waals surface area contributed by atoms with Crippen LogP contribution in [0.5, 0.6) is 0 Å². The molecule has 65 heavy (non-hydrogen) atoms. The van der Waals surface area contributed by atoms with E-state index in [2.05, 4.69) is 205 Å². The molecule has 0 saturated heterocycles. The third-order valence-corrected chi connectivity index (χ3v) is 13.5. The third kappa shape index (κ3) is 5.47. The fourth-order valence-electron chi connectivity index (χ4n) is 10.6. The second-order valence-electron chi connectivity index (χ2n) is 17.1. The molecule has 4 heteroatoms. The number of aromatic nitrogens is 4. The van der Waals surface area contributed by atoms with Gasteiger partial charge >= 0.3 is 0 Å². The molecule has 2 heterocycles. The van der Waals surface area contributed by atoms with Crippen LogP contribution in [0.1, 0.15) is 0 Å². The molecule has 300 valence electrons. The van der Waals surface area contributed by atoms with Crippen molar-refractivity contribution in [2.75, 3.05) is 0 Å². The molecule has 0 amide bonds. The fourth-order valence-corrected chi connectivity index (χ4v) is 10.6. The SMILES string of the molecule is c1ccc(-c2nc(-c3cccc(-c4cc5ccc6cccc7c8cccc9ccc%10cccc(c(c4)c5c67)c%10c98)c3)nc(-c3ccc4c(c3)c3ccccc3n4-c3ccccc3)n2)cc1. The Bertz CT molecular complexity index is 4220. The second-order valence-corrected chi connectivity index (χ2v) is 17.1. The smallest absolute Gasteiger partial charge is 0.164 e. The lowest BCUT2D eigenvalue weighted by molar-refractivity contribution is 1.07. The maximum absolute atomic E-state index is 5.27. The first-order valence-corrected chi connectivity index (χ1v) is 22.2. The minimum absolute atomic E-state index is 0.626. The Morgan fingerprint density at radius 1 is 0.246 bits per heavy atom. The van der Waals surface area contributed by atoms with Crippen LogP contribution in [0.25, 0.3) is 137 Å². The summed E-state index contributed by atoms with van der Waals surface area (Å²) in [5, 5.41) is 17.5. The van der Waals surface area contributed by atoms with Crippen LogP contribution in [0.2, 0.25) is 0 Å². The van der Waals surface area contributed by atoms with E-state index in [0.717, 1.165) is 49.9 Å². The van der Waals surface area contributed by atoms with E-state index in [1.807, 2.05) is 18.2 Å². The summed E-state index contributed by atoms with van der Waals surface area (Å²) in [4.78, 5) is 15.6. The van der Waals surface area contributed by atoms with Crippen molar-refractivity contribution in [1.29, 1.82) is 0 Å². The second kappa shape index (κ2) is 13.9. The topological polar surface area (TPSA) is 43.6 Å². The maximum atomic E-state index is 5.27. The number of para-hydroxylation sites is 2. The molecule has 12 aromatic carbocycles. The molecule has 0 unspecified atom stereocenters. The summed E-state index contributed by atoms with van der Waals surface area (Å²) in [5.74, 6) is 1.89. The predicted molar refractivity (Wildman–Crippen MR) is 272 cm³/mol. The van der Waals surface area contributed by atoms with E-state index in [0.29, 0.717) is 17.5 Å². The van der Waals surface area contributed by atoms with E-state index in [9.17, 15) is 0 Å². The Morgan fingerprint density at radius 2 is 0.708 bits per heavy atom. The molecular weight excluding hydrogens is 789 g/mol. The monoisotopic (exact) mass is 824 g/mol. The summed E-state index contributed by atoms with van der Waals surface area (Å²) < 4.78 is 2.33. The van der Waals surface area contributed by atoms with Crippen LogP contribution in [-0.4, -0.2) is 19.5 Å². The van der Waals surface area contributed by atoms with Crippen molar-refractivity contribution in [2.24, 2.45) is 0 Å². The van der Waals surface area contributed by atoms with Crippen molar-refractivity contribution in [1.82, 2.24) is 19.5 Å². The van der Waals surface area contributed by atoms with Gasteiger partial charge in [0.1, 0.15) is 0 Å². The standard InChI is InChI=1S/C61H36N4/c1-3-13-40(14-4-1)59-62-60(64-61(63-59)44-31-32-54-51(35-44)47-22-7-8-26-53(47)65(54)46-20-5-2-6-21-46)43-19-9-18-41(33-43)45-34-42-30-29-39-16-11-24-49-48-23-10-15-37-27-28-38-17-12-25-50(57(38)55(37)48)52(36-45)58(42)56(39)49/h1-36H. The molecule has 0 N–H and O–H groups in total. The van der Waals surface area contributed by atoms with Gasteiger partial charge in [-0.3, -0.25) is 0 Å². The molecule has 0 bridgehead atoms. The van der Waals surface area contributed by atoms with E-state index < -0.39 is 0 Å². The lowest BCUT2D eigenvalue weighted by Crippen LogP contribution is -2.00. The van der Waals surface area contributed by atoms with Crippen LogP contribution in [-0.2, 0) is 0 Å². The molecule has 0 radical (unpaired) electrons. The van der Waals surface area contributed by atoms with Crippen LogP contribution in [0, 0.1) is 0 Å². The number of benzene rings is 11. The summed E-state index contributed by atoms with van der Waals surface area (Å²) >= 11 is 0. The largest absolute Gasteiger partial charge is 0.309 e. The molecule has 0 spiro atoms. The molecule has 4 nitrogen and oxygen atoms in total. The number of rotatable bonds is 5. The van der Waals surface area contributed by atoms with Gasteiger partial charge in [0.2, 0.25) is 0 Å². The molecule has 0 aliphatic rings. The van der Waals surface area contributed by atoms with Gasteiger partial charge in [-0.15, -0.1) is 0 Å². The van der Waals surface area contributed by atoms with Crippen LogP contribution in [0.3, 0.4) is 0 Å². The van der Waals surface area contributed by atoms with Crippen LogP contribution in [0.15, 0.2) is 218 Å². The fraction of sp³-hybridized carbons (Fsp3) is 0. The van der Waals surface area contributed by atoms with Crippen molar-refractivity contribution >= 4 is 86.4 Å². The number of hydrogen-bond acceptors (Lipinski definition) is 3. The highest BCUT2D eigenvalue weighted by Crippen LogP contribution is 2.45. The molecule has 0 atom stereocenters. The van der Waals surface area contributed by atoms with Gasteiger partial charge in [-0.25, -0.2) is 15.0 Å². The van der Waals surface area contributed by atoms with Crippen molar-refractivity contribution in [3.63, 3.8) is 0 Å². The quantitative estimate of drug-likeness (QED) is 0.162. The third-order valence-electron chi connectivity index (χ3n) is 13.5. The summed E-state index contributed by atoms with van der Waals surface area (Å²) in [7, 11) is 0. The van der Waals surface area contributed by atoms with Gasteiger partial charge in [0.15, 0.2) is 17.5 Å². The Balaban J connectivity index is 0.981. The van der Waals surface area contributed by atoms with E-state index in [4.69, 9.17) is 15.0 Å². The van der Waals surface area contributed by atoms with Crippen molar-refractivity contribution in [3.8, 4) is 51.0 Å². The normalized spacial score (nSPS) is 12.0. The Morgan fingerprint density at radius 3 is 1.38 bits per heavy atom. The summed E-state index contributed by atoms with van der Waals surface area (Å²) in [5.41, 5.74) is 8.45. The molecule has 2 aromatic heterocycles. The Kier molecular flexibility index (Phi) is 7.65. The highest BCUT2D eigenvalue weighted by atomic mass is 15.0. The average Bonchev–Trinajstić information content (AvgIpc) is 3.71. The lowest BCUT2D eigenvalue weighted by Gasteiger charge is -2.17. The number of nitrogens with zero attached hydrogens (tertiary/aromatic N) is 4. The molecule has 0 aliphatic heterocycles. The molecule has 14 aromatic rings. The van der Waals surface area contributed by atoms with Crippen molar-refractivity contribution in [2.45, 2.75) is 0 Å².